The molecule has 0 bridgehead atoms. The van der Waals surface area contributed by atoms with Gasteiger partial charge in [0.15, 0.2) is 0 Å². The summed E-state index contributed by atoms with van der Waals surface area (Å²) >= 11 is 0. The molecular weight excluding hydrogens is 302 g/mol. The van der Waals surface area contributed by atoms with Crippen LogP contribution in [0.2, 0.25) is 12.6 Å². The van der Waals surface area contributed by atoms with E-state index in [-0.39, 0.29) is 0 Å². The molecule has 0 aliphatic rings. The summed E-state index contributed by atoms with van der Waals surface area (Å²) in [5.41, 5.74) is 0.736. The van der Waals surface area contributed by atoms with Crippen molar-refractivity contribution in [2.75, 3.05) is 13.2 Å². The fourth-order valence-electron chi connectivity index (χ4n) is 2.68. The van der Waals surface area contributed by atoms with Crippen molar-refractivity contribution in [1.29, 1.82) is 0 Å². The fraction of sp³-hybridized carbons (Fsp3) is 0.647. The van der Waals surface area contributed by atoms with Gasteiger partial charge >= 0.3 is 8.56 Å². The van der Waals surface area contributed by atoms with Crippen LogP contribution >= 0.6 is 0 Å². The molecule has 0 saturated carbocycles. The van der Waals surface area contributed by atoms with Crippen LogP contribution in [0.4, 0.5) is 8.78 Å². The van der Waals surface area contributed by atoms with Crippen LogP contribution in [-0.4, -0.2) is 21.8 Å². The number of halogens is 2. The van der Waals surface area contributed by atoms with Gasteiger partial charge in [-0.05, 0) is 57.0 Å². The minimum absolute atomic E-state index is 0.495. The molecule has 0 aromatic heterocycles. The normalized spacial score (nSPS) is 11.9. The van der Waals surface area contributed by atoms with Gasteiger partial charge in [-0.3, -0.25) is 0 Å². The first kappa shape index (κ1) is 19.3. The molecule has 5 heteroatoms. The summed E-state index contributed by atoms with van der Waals surface area (Å²) in [5.74, 6) is -0.990. The Morgan fingerprint density at radius 1 is 0.864 bits per heavy atom. The SMILES string of the molecule is CCO[Si](C)(CCCCCCc1cc(F)cc(F)c1)OCC. The van der Waals surface area contributed by atoms with E-state index in [0.29, 0.717) is 13.2 Å². The van der Waals surface area contributed by atoms with E-state index in [1.807, 2.05) is 13.8 Å². The van der Waals surface area contributed by atoms with Gasteiger partial charge in [-0.15, -0.1) is 0 Å². The fourth-order valence-corrected chi connectivity index (χ4v) is 5.17. The predicted octanol–water partition coefficient (Wildman–Crippen LogP) is 5.21. The van der Waals surface area contributed by atoms with Gasteiger partial charge in [-0.2, -0.15) is 0 Å². The predicted molar refractivity (Wildman–Crippen MR) is 88.2 cm³/mol. The summed E-state index contributed by atoms with van der Waals surface area (Å²) in [7, 11) is -1.99. The molecule has 126 valence electrons. The highest BCUT2D eigenvalue weighted by atomic mass is 28.4. The molecule has 0 radical (unpaired) electrons. The minimum Gasteiger partial charge on any atom is -0.395 e. The van der Waals surface area contributed by atoms with Crippen LogP contribution in [0.25, 0.3) is 0 Å². The maximum absolute atomic E-state index is 13.1. The molecule has 0 amide bonds. The molecular formula is C17H28F2O2Si. The molecule has 1 rings (SSSR count). The maximum Gasteiger partial charge on any atom is 0.334 e. The quantitative estimate of drug-likeness (QED) is 0.409. The lowest BCUT2D eigenvalue weighted by atomic mass is 10.1. The van der Waals surface area contributed by atoms with Gasteiger partial charge in [0.05, 0.1) is 0 Å². The lowest BCUT2D eigenvalue weighted by molar-refractivity contribution is 0.188. The van der Waals surface area contributed by atoms with Crippen molar-refractivity contribution >= 4 is 8.56 Å². The number of unbranched alkanes of at least 4 members (excludes halogenated alkanes) is 3. The van der Waals surface area contributed by atoms with E-state index >= 15 is 0 Å². The molecule has 1 aromatic carbocycles. The van der Waals surface area contributed by atoms with Crippen molar-refractivity contribution in [3.8, 4) is 0 Å². The van der Waals surface area contributed by atoms with Crippen molar-refractivity contribution in [2.45, 2.75) is 58.5 Å². The number of hydrogen-bond acceptors (Lipinski definition) is 2. The summed E-state index contributed by atoms with van der Waals surface area (Å²) in [6.45, 7) is 7.53. The Morgan fingerprint density at radius 3 is 1.95 bits per heavy atom. The van der Waals surface area contributed by atoms with Gasteiger partial charge in [-0.1, -0.05) is 19.3 Å². The number of hydrogen-bond donors (Lipinski definition) is 0. The van der Waals surface area contributed by atoms with Gasteiger partial charge in [0, 0.05) is 19.3 Å². The van der Waals surface area contributed by atoms with Gasteiger partial charge in [0.25, 0.3) is 0 Å². The van der Waals surface area contributed by atoms with E-state index in [0.717, 1.165) is 49.8 Å². The second kappa shape index (κ2) is 10.1. The van der Waals surface area contributed by atoms with E-state index in [2.05, 4.69) is 6.55 Å². The Hall–Kier alpha value is -0.783. The molecule has 0 spiro atoms. The Morgan fingerprint density at radius 2 is 1.41 bits per heavy atom. The first-order chi connectivity index (χ1) is 10.5. The zero-order valence-electron chi connectivity index (χ0n) is 14.0. The summed E-state index contributed by atoms with van der Waals surface area (Å²) < 4.78 is 37.8. The molecule has 0 fully saturated rings. The van der Waals surface area contributed by atoms with E-state index in [1.54, 1.807) is 0 Å². The van der Waals surface area contributed by atoms with E-state index < -0.39 is 20.2 Å². The Labute approximate surface area is 134 Å². The smallest absolute Gasteiger partial charge is 0.334 e. The summed E-state index contributed by atoms with van der Waals surface area (Å²) in [6, 6.07) is 4.74. The van der Waals surface area contributed by atoms with Crippen LogP contribution in [0, 0.1) is 11.6 Å². The standard InChI is InChI=1S/C17H28F2O2Si/c1-4-20-22(3,21-5-2)11-9-7-6-8-10-15-12-16(18)14-17(19)13-15/h12-14H,4-11H2,1-3H3. The molecule has 1 aromatic rings. The molecule has 0 heterocycles. The summed E-state index contributed by atoms with van der Waals surface area (Å²) in [5, 5.41) is 0. The highest BCUT2D eigenvalue weighted by Gasteiger charge is 2.29. The third kappa shape index (κ3) is 7.47. The molecule has 0 aliphatic carbocycles. The molecule has 2 nitrogen and oxygen atoms in total. The second-order valence-electron chi connectivity index (χ2n) is 5.69. The average molecular weight is 330 g/mol. The van der Waals surface area contributed by atoms with Gasteiger partial charge in [-0.25, -0.2) is 8.78 Å². The van der Waals surface area contributed by atoms with E-state index in [9.17, 15) is 8.78 Å². The highest BCUT2D eigenvalue weighted by Crippen LogP contribution is 2.19. The minimum atomic E-state index is -1.99. The molecule has 22 heavy (non-hydrogen) atoms. The Balaban J connectivity index is 2.22. The Bertz CT molecular complexity index is 414. The molecule has 0 unspecified atom stereocenters. The van der Waals surface area contributed by atoms with Crippen molar-refractivity contribution in [1.82, 2.24) is 0 Å². The molecule has 0 aliphatic heterocycles. The second-order valence-corrected chi connectivity index (χ2v) is 9.04. The Kier molecular flexibility index (Phi) is 8.83. The summed E-state index contributed by atoms with van der Waals surface area (Å²) in [4.78, 5) is 0. The van der Waals surface area contributed by atoms with Gasteiger partial charge in [0.2, 0.25) is 0 Å². The van der Waals surface area contributed by atoms with Crippen LogP contribution in [0.15, 0.2) is 18.2 Å². The zero-order valence-corrected chi connectivity index (χ0v) is 15.0. The van der Waals surface area contributed by atoms with Crippen molar-refractivity contribution < 1.29 is 17.6 Å². The largest absolute Gasteiger partial charge is 0.395 e. The number of rotatable bonds is 11. The third-order valence-corrected chi connectivity index (χ3v) is 6.73. The third-order valence-electron chi connectivity index (χ3n) is 3.67. The molecule has 0 atom stereocenters. The van der Waals surface area contributed by atoms with E-state index in [4.69, 9.17) is 8.85 Å². The van der Waals surface area contributed by atoms with E-state index in [1.165, 1.54) is 12.1 Å². The van der Waals surface area contributed by atoms with Crippen LogP contribution < -0.4 is 0 Å². The van der Waals surface area contributed by atoms with Crippen LogP contribution in [0.1, 0.15) is 45.1 Å². The average Bonchev–Trinajstić information content (AvgIpc) is 2.42. The number of benzene rings is 1. The first-order valence-electron chi connectivity index (χ1n) is 8.22. The van der Waals surface area contributed by atoms with Crippen molar-refractivity contribution in [2.24, 2.45) is 0 Å². The molecule has 0 saturated heterocycles. The van der Waals surface area contributed by atoms with Gasteiger partial charge < -0.3 is 8.85 Å². The van der Waals surface area contributed by atoms with Crippen molar-refractivity contribution in [3.63, 3.8) is 0 Å². The van der Waals surface area contributed by atoms with Crippen LogP contribution in [0.3, 0.4) is 0 Å². The van der Waals surface area contributed by atoms with Gasteiger partial charge in [0.1, 0.15) is 11.6 Å². The maximum atomic E-state index is 13.1. The topological polar surface area (TPSA) is 18.5 Å². The van der Waals surface area contributed by atoms with Crippen LogP contribution in [-0.2, 0) is 15.3 Å². The molecule has 0 N–H and O–H groups in total. The monoisotopic (exact) mass is 330 g/mol. The first-order valence-corrected chi connectivity index (χ1v) is 10.7. The van der Waals surface area contributed by atoms with Crippen molar-refractivity contribution in [3.05, 3.63) is 35.4 Å². The lowest BCUT2D eigenvalue weighted by Crippen LogP contribution is -2.38. The lowest BCUT2D eigenvalue weighted by Gasteiger charge is -2.25. The highest BCUT2D eigenvalue weighted by molar-refractivity contribution is 6.66. The zero-order chi connectivity index (χ0) is 16.4. The summed E-state index contributed by atoms with van der Waals surface area (Å²) in [6.07, 6.45) is 4.91. The van der Waals surface area contributed by atoms with Crippen LogP contribution in [0.5, 0.6) is 0 Å². The number of aryl methyl sites for hydroxylation is 1.